The molecule has 0 radical (unpaired) electrons. The van der Waals surface area contributed by atoms with Gasteiger partial charge in [-0.05, 0) is 25.0 Å². The summed E-state index contributed by atoms with van der Waals surface area (Å²) < 4.78 is 1.01. The van der Waals surface area contributed by atoms with E-state index < -0.39 is 17.4 Å². The maximum Gasteiger partial charge on any atom is 0.221 e. The number of fused-ring (bicyclic) bond motifs is 2. The Morgan fingerprint density at radius 2 is 2.04 bits per heavy atom. The van der Waals surface area contributed by atoms with Crippen LogP contribution in [-0.4, -0.2) is 47.7 Å². The molecule has 2 aliphatic carbocycles. The zero-order valence-electron chi connectivity index (χ0n) is 13.6. The van der Waals surface area contributed by atoms with Gasteiger partial charge in [0.25, 0.3) is 0 Å². The second kappa shape index (κ2) is 5.10. The predicted octanol–water partition coefficient (Wildman–Crippen LogP) is 0.952. The van der Waals surface area contributed by atoms with Crippen LogP contribution in [0.15, 0.2) is 30.5 Å². The highest BCUT2D eigenvalue weighted by Gasteiger charge is 2.78. The fourth-order valence-corrected chi connectivity index (χ4v) is 4.89. The Kier molecular flexibility index (Phi) is 3.12. The molecular weight excluding hydrogens is 354 g/mol. The molecule has 8 nitrogen and oxygen atoms in total. The van der Waals surface area contributed by atoms with E-state index >= 15 is 0 Å². The van der Waals surface area contributed by atoms with E-state index in [0.29, 0.717) is 23.4 Å². The van der Waals surface area contributed by atoms with Crippen molar-refractivity contribution in [1.82, 2.24) is 15.0 Å². The van der Waals surface area contributed by atoms with Crippen LogP contribution in [0.3, 0.4) is 0 Å². The molecule has 0 spiro atoms. The number of nitrogens with one attached hydrogen (secondary N) is 1. The smallest absolute Gasteiger partial charge is 0.221 e. The zero-order chi connectivity index (χ0) is 18.1. The summed E-state index contributed by atoms with van der Waals surface area (Å²) in [5.74, 6) is -0.00356. The van der Waals surface area contributed by atoms with Gasteiger partial charge in [-0.15, -0.1) is 11.3 Å². The number of anilines is 2. The van der Waals surface area contributed by atoms with Crippen LogP contribution >= 0.6 is 11.3 Å². The number of nitrogens with two attached hydrogens (primary N) is 1. The molecule has 2 aliphatic rings. The van der Waals surface area contributed by atoms with Gasteiger partial charge in [-0.1, -0.05) is 12.1 Å². The maximum atomic E-state index is 10.9. The van der Waals surface area contributed by atoms with E-state index in [-0.39, 0.29) is 17.7 Å². The molecule has 2 aromatic heterocycles. The molecular formula is C17H17N5O3S. The molecule has 6 N–H and O–H groups in total. The van der Waals surface area contributed by atoms with Crippen molar-refractivity contribution in [3.05, 3.63) is 30.5 Å². The first kappa shape index (κ1) is 15.9. The number of nitrogen functional groups attached to an aromatic ring is 1. The Bertz CT molecular complexity index is 994. The lowest BCUT2D eigenvalue weighted by atomic mass is 10.0. The molecule has 9 heteroatoms. The molecule has 26 heavy (non-hydrogen) atoms. The minimum absolute atomic E-state index is 0.0406. The van der Waals surface area contributed by atoms with Gasteiger partial charge in [0.15, 0.2) is 5.72 Å². The first-order valence-electron chi connectivity index (χ1n) is 8.32. The number of rotatable bonds is 3. The molecule has 2 heterocycles. The second-order valence-corrected chi connectivity index (χ2v) is 7.91. The largest absolute Gasteiger partial charge is 0.390 e. The van der Waals surface area contributed by atoms with Crippen LogP contribution in [0, 0.1) is 5.92 Å². The van der Waals surface area contributed by atoms with Gasteiger partial charge in [0, 0.05) is 12.1 Å². The first-order valence-corrected chi connectivity index (χ1v) is 9.13. The summed E-state index contributed by atoms with van der Waals surface area (Å²) >= 11 is 1.47. The number of nitrogens with zero attached hydrogens (tertiary/aromatic N) is 3. The number of aliphatic hydroxyl groups excluding tert-OH is 1. The molecule has 2 saturated carbocycles. The van der Waals surface area contributed by atoms with E-state index in [0.717, 1.165) is 10.2 Å². The first-order chi connectivity index (χ1) is 12.4. The summed E-state index contributed by atoms with van der Waals surface area (Å²) in [5, 5.41) is 35.1. The van der Waals surface area contributed by atoms with E-state index in [1.807, 2.05) is 24.3 Å². The summed E-state index contributed by atoms with van der Waals surface area (Å²) in [6.07, 6.45) is 1.43. The number of aliphatic hydroxyl groups is 3. The van der Waals surface area contributed by atoms with Crippen molar-refractivity contribution in [2.24, 2.45) is 5.92 Å². The highest BCUT2D eigenvalue weighted by Crippen LogP contribution is 2.61. The van der Waals surface area contributed by atoms with Crippen molar-refractivity contribution in [3.8, 4) is 10.6 Å². The molecule has 0 bridgehead atoms. The fraction of sp³-hybridized carbons (Fsp3) is 0.353. The number of benzene rings is 1. The Hall–Kier alpha value is -2.33. The van der Waals surface area contributed by atoms with Gasteiger partial charge in [-0.3, -0.25) is 0 Å². The summed E-state index contributed by atoms with van der Waals surface area (Å²) in [6.45, 7) is 0. The lowest BCUT2D eigenvalue weighted by Crippen LogP contribution is -2.51. The highest BCUT2D eigenvalue weighted by molar-refractivity contribution is 7.21. The van der Waals surface area contributed by atoms with Gasteiger partial charge in [-0.25, -0.2) is 9.97 Å². The highest BCUT2D eigenvalue weighted by atomic mass is 32.1. The average Bonchev–Trinajstić information content (AvgIpc) is 2.93. The van der Waals surface area contributed by atoms with Crippen LogP contribution < -0.4 is 11.1 Å². The molecule has 5 rings (SSSR count). The number of para-hydroxylation sites is 1. The molecule has 0 aliphatic heterocycles. The van der Waals surface area contributed by atoms with E-state index in [9.17, 15) is 15.3 Å². The Morgan fingerprint density at radius 3 is 2.77 bits per heavy atom. The minimum atomic E-state index is -1.68. The van der Waals surface area contributed by atoms with Gasteiger partial charge in [0.05, 0.1) is 21.9 Å². The molecule has 4 atom stereocenters. The topological polar surface area (TPSA) is 137 Å². The molecule has 0 amide bonds. The van der Waals surface area contributed by atoms with Crippen molar-refractivity contribution in [1.29, 1.82) is 0 Å². The van der Waals surface area contributed by atoms with Crippen molar-refractivity contribution >= 4 is 33.3 Å². The Labute approximate surface area is 152 Å². The van der Waals surface area contributed by atoms with Crippen molar-refractivity contribution < 1.29 is 15.3 Å². The summed E-state index contributed by atoms with van der Waals surface area (Å²) in [6, 6.07) is 7.74. The van der Waals surface area contributed by atoms with E-state index in [1.165, 1.54) is 11.3 Å². The summed E-state index contributed by atoms with van der Waals surface area (Å²) in [7, 11) is 0. The third-order valence-corrected chi connectivity index (χ3v) is 6.49. The van der Waals surface area contributed by atoms with Crippen LogP contribution in [0.25, 0.3) is 20.8 Å². The number of hydrogen-bond donors (Lipinski definition) is 5. The van der Waals surface area contributed by atoms with Gasteiger partial charge < -0.3 is 26.4 Å². The lowest BCUT2D eigenvalue weighted by molar-refractivity contribution is -0.0851. The summed E-state index contributed by atoms with van der Waals surface area (Å²) in [4.78, 5) is 12.8. The lowest BCUT2D eigenvalue weighted by Gasteiger charge is -2.32. The van der Waals surface area contributed by atoms with Crippen molar-refractivity contribution in [3.63, 3.8) is 0 Å². The van der Waals surface area contributed by atoms with Crippen LogP contribution in [-0.2, 0) is 0 Å². The van der Waals surface area contributed by atoms with E-state index in [4.69, 9.17) is 5.73 Å². The van der Waals surface area contributed by atoms with Gasteiger partial charge in [0.1, 0.15) is 16.4 Å². The zero-order valence-corrected chi connectivity index (χ0v) is 14.4. The molecule has 3 aromatic rings. The van der Waals surface area contributed by atoms with Crippen molar-refractivity contribution in [2.75, 3.05) is 11.1 Å². The standard InChI is InChI=1S/C17H17N5O3S/c18-15-19-7-8(14-20-10-3-1-2-4-11(10)26-14)13(21-15)22-16(24)6-5-9-12(23)17(9,16)25/h1-4,7,9,12,23-25H,5-6H2,(H3,18,19,21,22). The molecule has 2 fully saturated rings. The van der Waals surface area contributed by atoms with Crippen LogP contribution in [0.2, 0.25) is 0 Å². The second-order valence-electron chi connectivity index (χ2n) is 6.88. The summed E-state index contributed by atoms with van der Waals surface area (Å²) in [5.41, 5.74) is 3.91. The van der Waals surface area contributed by atoms with Gasteiger partial charge in [-0.2, -0.15) is 4.98 Å². The third-order valence-electron chi connectivity index (χ3n) is 5.42. The monoisotopic (exact) mass is 371 g/mol. The Morgan fingerprint density at radius 1 is 1.23 bits per heavy atom. The minimum Gasteiger partial charge on any atom is -0.390 e. The fourth-order valence-electron chi connectivity index (χ4n) is 3.91. The van der Waals surface area contributed by atoms with Gasteiger partial charge >= 0.3 is 0 Å². The Balaban J connectivity index is 1.58. The SMILES string of the molecule is Nc1ncc(-c2nc3ccccc3s2)c(NC2(O)CCC3C(O)C32O)n1. The number of aromatic nitrogens is 3. The molecule has 4 unspecified atom stereocenters. The van der Waals surface area contributed by atoms with Crippen molar-refractivity contribution in [2.45, 2.75) is 30.3 Å². The number of thiazole rings is 1. The normalized spacial score (nSPS) is 32.6. The maximum absolute atomic E-state index is 10.9. The predicted molar refractivity (Wildman–Crippen MR) is 97.3 cm³/mol. The van der Waals surface area contributed by atoms with Crippen LogP contribution in [0.4, 0.5) is 11.8 Å². The quantitative estimate of drug-likeness (QED) is 0.429. The molecule has 134 valence electrons. The van der Waals surface area contributed by atoms with Crippen LogP contribution in [0.5, 0.6) is 0 Å². The average molecular weight is 371 g/mol. The van der Waals surface area contributed by atoms with Crippen LogP contribution in [0.1, 0.15) is 12.8 Å². The molecule has 1 aromatic carbocycles. The van der Waals surface area contributed by atoms with Gasteiger partial charge in [0.2, 0.25) is 5.95 Å². The third kappa shape index (κ3) is 2.02. The molecule has 0 saturated heterocycles. The van der Waals surface area contributed by atoms with E-state index in [2.05, 4.69) is 20.3 Å². The van der Waals surface area contributed by atoms with E-state index in [1.54, 1.807) is 6.20 Å². The number of hydrogen-bond acceptors (Lipinski definition) is 9.